The molecule has 0 aliphatic heterocycles. The van der Waals surface area contributed by atoms with Crippen molar-refractivity contribution < 1.29 is 15.0 Å². The van der Waals surface area contributed by atoms with Gasteiger partial charge in [0.2, 0.25) is 0 Å². The minimum absolute atomic E-state index is 0.182. The lowest BCUT2D eigenvalue weighted by atomic mass is 9.85. The smallest absolute Gasteiger partial charge is 0.306 e. The largest absolute Gasteiger partial charge is 0.481 e. The number of carboxylic acid groups (broad SMARTS) is 1. The van der Waals surface area contributed by atoms with Gasteiger partial charge in [-0.25, -0.2) is 0 Å². The number of aliphatic hydroxyl groups excluding tert-OH is 1. The van der Waals surface area contributed by atoms with Crippen LogP contribution in [0.2, 0.25) is 0 Å². The summed E-state index contributed by atoms with van der Waals surface area (Å²) in [6.07, 6.45) is 1.62. The second-order valence-corrected chi connectivity index (χ2v) is 5.55. The summed E-state index contributed by atoms with van der Waals surface area (Å²) >= 11 is 0. The zero-order chi connectivity index (χ0) is 14.1. The molecule has 3 unspecified atom stereocenters. The molecule has 1 fully saturated rings. The monoisotopic (exact) mass is 270 g/mol. The third-order valence-corrected chi connectivity index (χ3v) is 4.43. The van der Waals surface area contributed by atoms with Crippen LogP contribution in [0.15, 0.2) is 42.5 Å². The Morgan fingerprint density at radius 2 is 1.85 bits per heavy atom. The summed E-state index contributed by atoms with van der Waals surface area (Å²) in [5.74, 6) is -1.39. The number of benzene rings is 2. The van der Waals surface area contributed by atoms with Gasteiger partial charge in [0.05, 0.1) is 12.0 Å². The van der Waals surface area contributed by atoms with Gasteiger partial charge in [-0.3, -0.25) is 4.79 Å². The van der Waals surface area contributed by atoms with Crippen LogP contribution < -0.4 is 0 Å². The molecular weight excluding hydrogens is 252 g/mol. The zero-order valence-corrected chi connectivity index (χ0v) is 11.2. The summed E-state index contributed by atoms with van der Waals surface area (Å²) < 4.78 is 0. The Balaban J connectivity index is 2.00. The zero-order valence-electron chi connectivity index (χ0n) is 11.2. The van der Waals surface area contributed by atoms with Gasteiger partial charge in [-0.05, 0) is 29.2 Å². The van der Waals surface area contributed by atoms with E-state index in [4.69, 9.17) is 0 Å². The number of aliphatic carboxylic acids is 1. The highest BCUT2D eigenvalue weighted by Crippen LogP contribution is 2.42. The summed E-state index contributed by atoms with van der Waals surface area (Å²) in [5.41, 5.74) is 0.848. The quantitative estimate of drug-likeness (QED) is 0.899. The van der Waals surface area contributed by atoms with Crippen molar-refractivity contribution in [1.82, 2.24) is 0 Å². The normalized spacial score (nSPS) is 23.9. The van der Waals surface area contributed by atoms with Gasteiger partial charge in [0.15, 0.2) is 0 Å². The van der Waals surface area contributed by atoms with E-state index in [2.05, 4.69) is 0 Å². The van der Waals surface area contributed by atoms with Crippen molar-refractivity contribution >= 4 is 16.7 Å². The first-order valence-corrected chi connectivity index (χ1v) is 7.07. The van der Waals surface area contributed by atoms with Crippen LogP contribution in [0, 0.1) is 11.8 Å². The molecule has 20 heavy (non-hydrogen) atoms. The standard InChI is InChI=1S/C17H18O3/c18-16(14-9-4-10-15(14)17(19)20)13-8-3-6-11-5-1-2-7-12(11)13/h1-3,5-8,14-16,18H,4,9-10H2,(H,19,20). The van der Waals surface area contributed by atoms with Crippen molar-refractivity contribution in [2.75, 3.05) is 0 Å². The molecule has 3 heteroatoms. The molecule has 2 aromatic carbocycles. The molecule has 0 aromatic heterocycles. The van der Waals surface area contributed by atoms with Gasteiger partial charge < -0.3 is 10.2 Å². The first-order chi connectivity index (χ1) is 9.68. The second kappa shape index (κ2) is 5.25. The average Bonchev–Trinajstić information content (AvgIpc) is 2.95. The highest BCUT2D eigenvalue weighted by Gasteiger charge is 2.38. The van der Waals surface area contributed by atoms with E-state index in [1.165, 1.54) is 0 Å². The van der Waals surface area contributed by atoms with E-state index in [9.17, 15) is 15.0 Å². The first kappa shape index (κ1) is 13.1. The Labute approximate surface area is 117 Å². The molecule has 0 bridgehead atoms. The molecule has 0 radical (unpaired) electrons. The molecule has 0 saturated heterocycles. The Kier molecular flexibility index (Phi) is 3.45. The molecule has 1 aliphatic carbocycles. The van der Waals surface area contributed by atoms with E-state index >= 15 is 0 Å². The predicted molar refractivity (Wildman–Crippen MR) is 77.4 cm³/mol. The minimum Gasteiger partial charge on any atom is -0.481 e. The maximum Gasteiger partial charge on any atom is 0.306 e. The Hall–Kier alpha value is -1.87. The first-order valence-electron chi connectivity index (χ1n) is 7.07. The van der Waals surface area contributed by atoms with Crippen LogP contribution in [-0.4, -0.2) is 16.2 Å². The molecule has 0 spiro atoms. The fraction of sp³-hybridized carbons (Fsp3) is 0.353. The van der Waals surface area contributed by atoms with Gasteiger partial charge in [0.25, 0.3) is 0 Å². The maximum atomic E-state index is 11.3. The van der Waals surface area contributed by atoms with Crippen LogP contribution in [0.25, 0.3) is 10.8 Å². The number of carboxylic acids is 1. The topological polar surface area (TPSA) is 57.5 Å². The lowest BCUT2D eigenvalue weighted by Crippen LogP contribution is -2.24. The Morgan fingerprint density at radius 1 is 1.10 bits per heavy atom. The van der Waals surface area contributed by atoms with Crippen molar-refractivity contribution in [2.24, 2.45) is 11.8 Å². The molecule has 0 amide bonds. The number of aliphatic hydroxyl groups is 1. The molecular formula is C17H18O3. The van der Waals surface area contributed by atoms with E-state index in [-0.39, 0.29) is 5.92 Å². The summed E-state index contributed by atoms with van der Waals surface area (Å²) in [4.78, 5) is 11.3. The molecule has 3 rings (SSSR count). The van der Waals surface area contributed by atoms with E-state index in [1.54, 1.807) is 0 Å². The van der Waals surface area contributed by atoms with E-state index in [0.717, 1.165) is 29.2 Å². The Morgan fingerprint density at radius 3 is 2.65 bits per heavy atom. The van der Waals surface area contributed by atoms with Crippen LogP contribution in [0.3, 0.4) is 0 Å². The maximum absolute atomic E-state index is 11.3. The summed E-state index contributed by atoms with van der Waals surface area (Å²) in [7, 11) is 0. The van der Waals surface area contributed by atoms with Crippen molar-refractivity contribution in [1.29, 1.82) is 0 Å². The van der Waals surface area contributed by atoms with Crippen molar-refractivity contribution in [2.45, 2.75) is 25.4 Å². The molecule has 2 N–H and O–H groups in total. The minimum atomic E-state index is -0.785. The van der Waals surface area contributed by atoms with Gasteiger partial charge in [-0.1, -0.05) is 48.9 Å². The molecule has 104 valence electrons. The third kappa shape index (κ3) is 2.18. The highest BCUT2D eigenvalue weighted by atomic mass is 16.4. The van der Waals surface area contributed by atoms with Gasteiger partial charge in [-0.15, -0.1) is 0 Å². The highest BCUT2D eigenvalue weighted by molar-refractivity contribution is 5.86. The van der Waals surface area contributed by atoms with E-state index < -0.39 is 18.0 Å². The van der Waals surface area contributed by atoms with Crippen molar-refractivity contribution in [3.8, 4) is 0 Å². The van der Waals surface area contributed by atoms with Gasteiger partial charge >= 0.3 is 5.97 Å². The van der Waals surface area contributed by atoms with Crippen LogP contribution in [0.4, 0.5) is 0 Å². The van der Waals surface area contributed by atoms with Crippen molar-refractivity contribution in [3.63, 3.8) is 0 Å². The summed E-state index contributed by atoms with van der Waals surface area (Å²) in [6.45, 7) is 0. The summed E-state index contributed by atoms with van der Waals surface area (Å²) in [6, 6.07) is 13.7. The summed E-state index contributed by atoms with van der Waals surface area (Å²) in [5, 5.41) is 22.0. The number of rotatable bonds is 3. The SMILES string of the molecule is O=C(O)C1CCCC1C(O)c1cccc2ccccc12. The molecule has 3 atom stereocenters. The van der Waals surface area contributed by atoms with Crippen LogP contribution in [0.1, 0.15) is 30.9 Å². The van der Waals surface area contributed by atoms with Crippen LogP contribution >= 0.6 is 0 Å². The number of fused-ring (bicyclic) bond motifs is 1. The van der Waals surface area contributed by atoms with Crippen molar-refractivity contribution in [3.05, 3.63) is 48.0 Å². The number of hydrogen-bond donors (Lipinski definition) is 2. The number of carbonyl (C=O) groups is 1. The second-order valence-electron chi connectivity index (χ2n) is 5.55. The van der Waals surface area contributed by atoms with Crippen LogP contribution in [0.5, 0.6) is 0 Å². The van der Waals surface area contributed by atoms with Gasteiger partial charge in [0, 0.05) is 5.92 Å². The molecule has 1 saturated carbocycles. The lowest BCUT2D eigenvalue weighted by molar-refractivity contribution is -0.144. The molecule has 0 heterocycles. The molecule has 1 aliphatic rings. The Bertz CT molecular complexity index is 630. The average molecular weight is 270 g/mol. The lowest BCUT2D eigenvalue weighted by Gasteiger charge is -2.23. The fourth-order valence-corrected chi connectivity index (χ4v) is 3.41. The molecule has 2 aromatic rings. The van der Waals surface area contributed by atoms with E-state index in [0.29, 0.717) is 6.42 Å². The van der Waals surface area contributed by atoms with Crippen LogP contribution in [-0.2, 0) is 4.79 Å². The third-order valence-electron chi connectivity index (χ3n) is 4.43. The predicted octanol–water partition coefficient (Wildman–Crippen LogP) is 3.37. The van der Waals surface area contributed by atoms with Gasteiger partial charge in [-0.2, -0.15) is 0 Å². The molecule has 3 nitrogen and oxygen atoms in total. The number of hydrogen-bond acceptors (Lipinski definition) is 2. The fourth-order valence-electron chi connectivity index (χ4n) is 3.41. The van der Waals surface area contributed by atoms with Gasteiger partial charge in [0.1, 0.15) is 0 Å². The van der Waals surface area contributed by atoms with E-state index in [1.807, 2.05) is 42.5 Å².